The van der Waals surface area contributed by atoms with Crippen molar-refractivity contribution in [2.45, 2.75) is 45.7 Å². The summed E-state index contributed by atoms with van der Waals surface area (Å²) in [5, 5.41) is 13.3. The number of hydrogen-bond acceptors (Lipinski definition) is 3. The lowest BCUT2D eigenvalue weighted by Gasteiger charge is -2.28. The van der Waals surface area contributed by atoms with Crippen molar-refractivity contribution < 1.29 is 9.84 Å². The first-order valence-electron chi connectivity index (χ1n) is 6.62. The lowest BCUT2D eigenvalue weighted by Crippen LogP contribution is -2.37. The number of phenols is 1. The molecule has 1 aromatic carbocycles. The van der Waals surface area contributed by atoms with E-state index in [1.54, 1.807) is 13.2 Å². The molecule has 100 valence electrons. The Morgan fingerprint density at radius 3 is 2.78 bits per heavy atom. The van der Waals surface area contributed by atoms with Gasteiger partial charge in [-0.15, -0.1) is 0 Å². The zero-order valence-corrected chi connectivity index (χ0v) is 11.5. The second-order valence-corrected chi connectivity index (χ2v) is 5.82. The number of hydrogen-bond donors (Lipinski definition) is 2. The van der Waals surface area contributed by atoms with E-state index >= 15 is 0 Å². The Bertz CT molecular complexity index is 415. The third-order valence-electron chi connectivity index (χ3n) is 4.05. The molecule has 3 nitrogen and oxygen atoms in total. The quantitative estimate of drug-likeness (QED) is 0.861. The molecule has 1 aliphatic rings. The van der Waals surface area contributed by atoms with Crippen molar-refractivity contribution in [2.75, 3.05) is 7.11 Å². The van der Waals surface area contributed by atoms with Crippen molar-refractivity contribution in [1.82, 2.24) is 5.32 Å². The minimum absolute atomic E-state index is 0.211. The summed E-state index contributed by atoms with van der Waals surface area (Å²) in [6.45, 7) is 5.44. The van der Waals surface area contributed by atoms with Crippen LogP contribution in [0.15, 0.2) is 18.2 Å². The van der Waals surface area contributed by atoms with Gasteiger partial charge in [0.2, 0.25) is 0 Å². The zero-order valence-electron chi connectivity index (χ0n) is 11.5. The first-order chi connectivity index (χ1) is 8.53. The molecule has 0 amide bonds. The van der Waals surface area contributed by atoms with Crippen LogP contribution in [0.3, 0.4) is 0 Å². The predicted molar refractivity (Wildman–Crippen MR) is 72.9 cm³/mol. The molecule has 1 atom stereocenters. The SMILES string of the molecule is COc1ccc(CNC2CCCC2(C)C)cc1O. The third kappa shape index (κ3) is 2.78. The minimum Gasteiger partial charge on any atom is -0.504 e. The van der Waals surface area contributed by atoms with Crippen LogP contribution >= 0.6 is 0 Å². The highest BCUT2D eigenvalue weighted by Gasteiger charge is 2.33. The fourth-order valence-corrected chi connectivity index (χ4v) is 2.79. The van der Waals surface area contributed by atoms with E-state index in [2.05, 4.69) is 19.2 Å². The summed E-state index contributed by atoms with van der Waals surface area (Å²) in [7, 11) is 1.56. The molecule has 0 radical (unpaired) electrons. The number of ether oxygens (including phenoxy) is 1. The van der Waals surface area contributed by atoms with Gasteiger partial charge in [-0.05, 0) is 36.0 Å². The van der Waals surface area contributed by atoms with Gasteiger partial charge in [0.1, 0.15) is 0 Å². The molecule has 18 heavy (non-hydrogen) atoms. The van der Waals surface area contributed by atoms with Gasteiger partial charge >= 0.3 is 0 Å². The van der Waals surface area contributed by atoms with Crippen LogP contribution in [-0.4, -0.2) is 18.3 Å². The molecular formula is C15H23NO2. The summed E-state index contributed by atoms with van der Waals surface area (Å²) in [6, 6.07) is 6.15. The van der Waals surface area contributed by atoms with Gasteiger partial charge in [0.05, 0.1) is 7.11 Å². The first-order valence-corrected chi connectivity index (χ1v) is 6.62. The van der Waals surface area contributed by atoms with Gasteiger partial charge < -0.3 is 15.2 Å². The third-order valence-corrected chi connectivity index (χ3v) is 4.05. The molecule has 0 bridgehead atoms. The van der Waals surface area contributed by atoms with Crippen LogP contribution in [0.5, 0.6) is 11.5 Å². The summed E-state index contributed by atoms with van der Waals surface area (Å²) >= 11 is 0. The minimum atomic E-state index is 0.211. The molecule has 3 heteroatoms. The molecule has 1 fully saturated rings. The number of aromatic hydroxyl groups is 1. The first kappa shape index (κ1) is 13.2. The molecule has 2 N–H and O–H groups in total. The summed E-state index contributed by atoms with van der Waals surface area (Å²) in [4.78, 5) is 0. The molecule has 0 aromatic heterocycles. The van der Waals surface area contributed by atoms with Crippen molar-refractivity contribution in [3.63, 3.8) is 0 Å². The summed E-state index contributed by atoms with van der Waals surface area (Å²) < 4.78 is 5.04. The van der Waals surface area contributed by atoms with Crippen molar-refractivity contribution in [2.24, 2.45) is 5.41 Å². The molecule has 0 spiro atoms. The summed E-state index contributed by atoms with van der Waals surface area (Å²) in [5.74, 6) is 0.738. The molecule has 1 aromatic rings. The highest BCUT2D eigenvalue weighted by molar-refractivity contribution is 5.41. The van der Waals surface area contributed by atoms with Crippen LogP contribution in [-0.2, 0) is 6.54 Å². The molecule has 1 saturated carbocycles. The van der Waals surface area contributed by atoms with E-state index in [4.69, 9.17) is 4.74 Å². The Hall–Kier alpha value is -1.22. The van der Waals surface area contributed by atoms with E-state index in [1.165, 1.54) is 19.3 Å². The topological polar surface area (TPSA) is 41.5 Å². The number of methoxy groups -OCH3 is 1. The zero-order chi connectivity index (χ0) is 13.2. The normalized spacial score (nSPS) is 22.1. The van der Waals surface area contributed by atoms with Crippen LogP contribution in [0.1, 0.15) is 38.7 Å². The van der Waals surface area contributed by atoms with E-state index in [0.29, 0.717) is 17.2 Å². The second-order valence-electron chi connectivity index (χ2n) is 5.82. The van der Waals surface area contributed by atoms with Crippen molar-refractivity contribution in [3.05, 3.63) is 23.8 Å². The average molecular weight is 249 g/mol. The Kier molecular flexibility index (Phi) is 3.81. The van der Waals surface area contributed by atoms with Gasteiger partial charge in [0.15, 0.2) is 11.5 Å². The summed E-state index contributed by atoms with van der Waals surface area (Å²) in [5.41, 5.74) is 1.48. The van der Waals surface area contributed by atoms with E-state index < -0.39 is 0 Å². The lowest BCUT2D eigenvalue weighted by molar-refractivity contribution is 0.282. The second kappa shape index (κ2) is 5.19. The molecule has 1 unspecified atom stereocenters. The van der Waals surface area contributed by atoms with E-state index in [0.717, 1.165) is 12.1 Å². The standard InChI is InChI=1S/C15H23NO2/c1-15(2)8-4-5-14(15)16-10-11-6-7-13(18-3)12(17)9-11/h6-7,9,14,16-17H,4-5,8,10H2,1-3H3. The Morgan fingerprint density at radius 1 is 1.44 bits per heavy atom. The Morgan fingerprint density at radius 2 is 2.22 bits per heavy atom. The maximum Gasteiger partial charge on any atom is 0.160 e. The molecule has 1 aliphatic carbocycles. The molecule has 2 rings (SSSR count). The smallest absolute Gasteiger partial charge is 0.160 e. The van der Waals surface area contributed by atoms with Crippen molar-refractivity contribution in [1.29, 1.82) is 0 Å². The number of nitrogens with one attached hydrogen (secondary N) is 1. The number of phenolic OH excluding ortho intramolecular Hbond substituents is 1. The van der Waals surface area contributed by atoms with Crippen LogP contribution < -0.4 is 10.1 Å². The maximum absolute atomic E-state index is 9.73. The molecule has 0 saturated heterocycles. The number of rotatable bonds is 4. The highest BCUT2D eigenvalue weighted by atomic mass is 16.5. The average Bonchev–Trinajstić information content (AvgIpc) is 2.66. The van der Waals surface area contributed by atoms with Gasteiger partial charge in [-0.2, -0.15) is 0 Å². The van der Waals surface area contributed by atoms with Gasteiger partial charge in [-0.3, -0.25) is 0 Å². The maximum atomic E-state index is 9.73. The van der Waals surface area contributed by atoms with Gasteiger partial charge in [0, 0.05) is 12.6 Å². The fourth-order valence-electron chi connectivity index (χ4n) is 2.79. The van der Waals surface area contributed by atoms with Crippen LogP contribution in [0.25, 0.3) is 0 Å². The van der Waals surface area contributed by atoms with Crippen molar-refractivity contribution >= 4 is 0 Å². The monoisotopic (exact) mass is 249 g/mol. The molecule has 0 aliphatic heterocycles. The van der Waals surface area contributed by atoms with Crippen LogP contribution in [0.4, 0.5) is 0 Å². The number of benzene rings is 1. The van der Waals surface area contributed by atoms with Gasteiger partial charge in [0.25, 0.3) is 0 Å². The fraction of sp³-hybridized carbons (Fsp3) is 0.600. The van der Waals surface area contributed by atoms with E-state index in [1.807, 2.05) is 12.1 Å². The summed E-state index contributed by atoms with van der Waals surface area (Å²) in [6.07, 6.45) is 3.84. The largest absolute Gasteiger partial charge is 0.504 e. The highest BCUT2D eigenvalue weighted by Crippen LogP contribution is 2.37. The van der Waals surface area contributed by atoms with Crippen LogP contribution in [0.2, 0.25) is 0 Å². The molecular weight excluding hydrogens is 226 g/mol. The Labute approximate surface area is 109 Å². The predicted octanol–water partition coefficient (Wildman–Crippen LogP) is 3.07. The van der Waals surface area contributed by atoms with Crippen molar-refractivity contribution in [3.8, 4) is 11.5 Å². The van der Waals surface area contributed by atoms with Crippen LogP contribution in [0, 0.1) is 5.41 Å². The molecule has 0 heterocycles. The van der Waals surface area contributed by atoms with E-state index in [-0.39, 0.29) is 5.75 Å². The van der Waals surface area contributed by atoms with Gasteiger partial charge in [-0.1, -0.05) is 26.3 Å². The Balaban J connectivity index is 1.96. The lowest BCUT2D eigenvalue weighted by atomic mass is 9.87. The van der Waals surface area contributed by atoms with Gasteiger partial charge in [-0.25, -0.2) is 0 Å². The van der Waals surface area contributed by atoms with E-state index in [9.17, 15) is 5.11 Å².